The van der Waals surface area contributed by atoms with E-state index in [0.29, 0.717) is 17.0 Å². The first-order valence-corrected chi connectivity index (χ1v) is 8.58. The molecule has 1 aliphatic heterocycles. The van der Waals surface area contributed by atoms with Gasteiger partial charge in [-0.05, 0) is 43.3 Å². The van der Waals surface area contributed by atoms with Crippen LogP contribution in [-0.2, 0) is 9.53 Å². The van der Waals surface area contributed by atoms with Gasteiger partial charge in [-0.3, -0.25) is 9.59 Å². The lowest BCUT2D eigenvalue weighted by atomic mass is 10.1. The molecule has 0 bridgehead atoms. The Hall–Kier alpha value is -2.86. The number of nitrogens with zero attached hydrogens (tertiary/aromatic N) is 1. The van der Waals surface area contributed by atoms with E-state index < -0.39 is 0 Å². The monoisotopic (exact) mass is 354 g/mol. The predicted octanol–water partition coefficient (Wildman–Crippen LogP) is 2.74. The lowest BCUT2D eigenvalue weighted by Gasteiger charge is -2.28. The molecule has 1 fully saturated rings. The van der Waals surface area contributed by atoms with Gasteiger partial charge in [0.2, 0.25) is 0 Å². The van der Waals surface area contributed by atoms with Crippen LogP contribution in [-0.4, -0.2) is 44.6 Å². The summed E-state index contributed by atoms with van der Waals surface area (Å²) in [6, 6.07) is 14.5. The van der Waals surface area contributed by atoms with Gasteiger partial charge >= 0.3 is 0 Å². The van der Waals surface area contributed by atoms with Crippen molar-refractivity contribution >= 4 is 23.1 Å². The average molecular weight is 354 g/mol. The fourth-order valence-corrected chi connectivity index (χ4v) is 2.73. The number of morpholine rings is 1. The minimum absolute atomic E-state index is 0.0414. The highest BCUT2D eigenvalue weighted by atomic mass is 16.5. The van der Waals surface area contributed by atoms with Crippen LogP contribution in [0, 0.1) is 0 Å². The second-order valence-electron chi connectivity index (χ2n) is 6.07. The molecule has 0 spiro atoms. The van der Waals surface area contributed by atoms with Crippen molar-refractivity contribution < 1.29 is 19.1 Å². The summed E-state index contributed by atoms with van der Waals surface area (Å²) in [5.74, 6) is 0.202. The van der Waals surface area contributed by atoms with E-state index in [-0.39, 0.29) is 18.3 Å². The van der Waals surface area contributed by atoms with Crippen molar-refractivity contribution in [1.29, 1.82) is 0 Å². The molecule has 3 rings (SSSR count). The number of hydrogen-bond donors (Lipinski definition) is 1. The molecule has 1 amide bonds. The van der Waals surface area contributed by atoms with E-state index in [1.165, 1.54) is 6.92 Å². The summed E-state index contributed by atoms with van der Waals surface area (Å²) in [5, 5.41) is 2.81. The fraction of sp³-hybridized carbons (Fsp3) is 0.300. The standard InChI is InChI=1S/C20H22N2O4/c1-15(23)16-3-2-4-19(13-16)26-14-20(24)21-17-5-7-18(8-6-17)22-9-11-25-12-10-22/h2-8,13H,9-12,14H2,1H3,(H,21,24). The molecule has 0 saturated carbocycles. The number of carbonyl (C=O) groups excluding carboxylic acids is 2. The lowest BCUT2D eigenvalue weighted by molar-refractivity contribution is -0.118. The van der Waals surface area contributed by atoms with Crippen LogP contribution in [0.25, 0.3) is 0 Å². The van der Waals surface area contributed by atoms with Crippen LogP contribution < -0.4 is 15.0 Å². The number of hydrogen-bond acceptors (Lipinski definition) is 5. The Morgan fingerprint density at radius 2 is 1.85 bits per heavy atom. The second-order valence-corrected chi connectivity index (χ2v) is 6.07. The van der Waals surface area contributed by atoms with Gasteiger partial charge in [-0.25, -0.2) is 0 Å². The smallest absolute Gasteiger partial charge is 0.262 e. The molecule has 26 heavy (non-hydrogen) atoms. The molecular weight excluding hydrogens is 332 g/mol. The maximum atomic E-state index is 12.1. The SMILES string of the molecule is CC(=O)c1cccc(OCC(=O)Nc2ccc(N3CCOCC3)cc2)c1. The first-order valence-electron chi connectivity index (χ1n) is 8.58. The molecule has 0 aromatic heterocycles. The van der Waals surface area contributed by atoms with Gasteiger partial charge in [-0.15, -0.1) is 0 Å². The molecule has 0 aliphatic carbocycles. The van der Waals surface area contributed by atoms with Gasteiger partial charge in [-0.2, -0.15) is 0 Å². The summed E-state index contributed by atoms with van der Waals surface area (Å²) in [5.41, 5.74) is 2.39. The molecule has 136 valence electrons. The van der Waals surface area contributed by atoms with Crippen LogP contribution in [0.15, 0.2) is 48.5 Å². The van der Waals surface area contributed by atoms with Crippen molar-refractivity contribution in [1.82, 2.24) is 0 Å². The van der Waals surface area contributed by atoms with Crippen molar-refractivity contribution in [2.45, 2.75) is 6.92 Å². The minimum Gasteiger partial charge on any atom is -0.484 e. The Balaban J connectivity index is 1.51. The minimum atomic E-state index is -0.252. The Morgan fingerprint density at radius 1 is 1.12 bits per heavy atom. The maximum Gasteiger partial charge on any atom is 0.262 e. The Kier molecular flexibility index (Phi) is 5.86. The molecule has 0 radical (unpaired) electrons. The van der Waals surface area contributed by atoms with E-state index in [9.17, 15) is 9.59 Å². The second kappa shape index (κ2) is 8.49. The number of Topliss-reactive ketones (excluding diaryl/α,β-unsaturated/α-hetero) is 1. The molecule has 1 saturated heterocycles. The number of benzene rings is 2. The summed E-state index contributed by atoms with van der Waals surface area (Å²) in [6.45, 7) is 4.60. The molecule has 1 heterocycles. The van der Waals surface area contributed by atoms with Crippen LogP contribution in [0.5, 0.6) is 5.75 Å². The van der Waals surface area contributed by atoms with E-state index in [4.69, 9.17) is 9.47 Å². The highest BCUT2D eigenvalue weighted by Gasteiger charge is 2.11. The van der Waals surface area contributed by atoms with E-state index in [0.717, 1.165) is 32.0 Å². The molecule has 2 aromatic carbocycles. The third kappa shape index (κ3) is 4.83. The number of ketones is 1. The predicted molar refractivity (Wildman–Crippen MR) is 100 cm³/mol. The van der Waals surface area contributed by atoms with Crippen molar-refractivity contribution in [3.63, 3.8) is 0 Å². The van der Waals surface area contributed by atoms with E-state index in [1.54, 1.807) is 24.3 Å². The van der Waals surface area contributed by atoms with E-state index in [2.05, 4.69) is 10.2 Å². The van der Waals surface area contributed by atoms with Crippen molar-refractivity contribution in [2.24, 2.45) is 0 Å². The number of amides is 1. The maximum absolute atomic E-state index is 12.1. The van der Waals surface area contributed by atoms with Crippen molar-refractivity contribution in [3.05, 3.63) is 54.1 Å². The van der Waals surface area contributed by atoms with E-state index >= 15 is 0 Å². The van der Waals surface area contributed by atoms with Crippen LogP contribution in [0.4, 0.5) is 11.4 Å². The summed E-state index contributed by atoms with van der Waals surface area (Å²) < 4.78 is 10.8. The first-order chi connectivity index (χ1) is 12.6. The highest BCUT2D eigenvalue weighted by molar-refractivity contribution is 5.94. The number of nitrogens with one attached hydrogen (secondary N) is 1. The lowest BCUT2D eigenvalue weighted by Crippen LogP contribution is -2.36. The summed E-state index contributed by atoms with van der Waals surface area (Å²) in [7, 11) is 0. The zero-order valence-electron chi connectivity index (χ0n) is 14.7. The number of ether oxygens (including phenoxy) is 2. The van der Waals surface area contributed by atoms with E-state index in [1.807, 2.05) is 24.3 Å². The third-order valence-electron chi connectivity index (χ3n) is 4.14. The van der Waals surface area contributed by atoms with Gasteiger partial charge in [0.15, 0.2) is 12.4 Å². The summed E-state index contributed by atoms with van der Waals surface area (Å²) in [4.78, 5) is 25.7. The van der Waals surface area contributed by atoms with Crippen LogP contribution in [0.3, 0.4) is 0 Å². The molecular formula is C20H22N2O4. The molecule has 1 aliphatic rings. The number of anilines is 2. The largest absolute Gasteiger partial charge is 0.484 e. The van der Waals surface area contributed by atoms with Gasteiger partial charge in [-0.1, -0.05) is 12.1 Å². The van der Waals surface area contributed by atoms with Crippen LogP contribution >= 0.6 is 0 Å². The van der Waals surface area contributed by atoms with Crippen LogP contribution in [0.1, 0.15) is 17.3 Å². The quantitative estimate of drug-likeness (QED) is 0.808. The van der Waals surface area contributed by atoms with Crippen molar-refractivity contribution in [2.75, 3.05) is 43.1 Å². The van der Waals surface area contributed by atoms with Gasteiger partial charge in [0.1, 0.15) is 5.75 Å². The zero-order valence-corrected chi connectivity index (χ0v) is 14.7. The fourth-order valence-electron chi connectivity index (χ4n) is 2.73. The molecule has 1 N–H and O–H groups in total. The first kappa shape index (κ1) is 17.9. The van der Waals surface area contributed by atoms with Gasteiger partial charge in [0.05, 0.1) is 13.2 Å². The molecule has 0 unspecified atom stereocenters. The summed E-state index contributed by atoms with van der Waals surface area (Å²) in [6.07, 6.45) is 0. The Labute approximate surface area is 152 Å². The zero-order chi connectivity index (χ0) is 18.4. The van der Waals surface area contributed by atoms with Gasteiger partial charge < -0.3 is 19.7 Å². The molecule has 2 aromatic rings. The molecule has 6 heteroatoms. The molecule has 6 nitrogen and oxygen atoms in total. The summed E-state index contributed by atoms with van der Waals surface area (Å²) >= 11 is 0. The van der Waals surface area contributed by atoms with Gasteiger partial charge in [0.25, 0.3) is 5.91 Å². The normalized spacial score (nSPS) is 14.0. The van der Waals surface area contributed by atoms with Crippen molar-refractivity contribution in [3.8, 4) is 5.75 Å². The van der Waals surface area contributed by atoms with Crippen LogP contribution in [0.2, 0.25) is 0 Å². The number of carbonyl (C=O) groups is 2. The van der Waals surface area contributed by atoms with Gasteiger partial charge in [0, 0.05) is 30.0 Å². The molecule has 0 atom stereocenters. The Morgan fingerprint density at radius 3 is 2.54 bits per heavy atom. The number of rotatable bonds is 6. The highest BCUT2D eigenvalue weighted by Crippen LogP contribution is 2.19. The average Bonchev–Trinajstić information content (AvgIpc) is 2.68. The topological polar surface area (TPSA) is 67.9 Å². The Bertz CT molecular complexity index is 768. The third-order valence-corrected chi connectivity index (χ3v) is 4.14.